The van der Waals surface area contributed by atoms with Gasteiger partial charge in [0.25, 0.3) is 0 Å². The Hall–Kier alpha value is -0.550. The molecular weight excluding hydrogens is 208 g/mol. The number of hydrogen-bond donors (Lipinski definition) is 1. The van der Waals surface area contributed by atoms with Crippen molar-refractivity contribution in [2.45, 2.75) is 50.4 Å². The van der Waals surface area contributed by atoms with Crippen molar-refractivity contribution in [3.8, 4) is 0 Å². The number of rotatable bonds is 3. The molecule has 0 bridgehead atoms. The minimum absolute atomic E-state index is 0.216. The van der Waals surface area contributed by atoms with Crippen LogP contribution in [0.25, 0.3) is 0 Å². The first kappa shape index (κ1) is 11.0. The van der Waals surface area contributed by atoms with Gasteiger partial charge in [0.1, 0.15) is 5.82 Å². The number of nitrogens with two attached hydrogens (primary N) is 1. The van der Waals surface area contributed by atoms with Crippen LogP contribution in [0.3, 0.4) is 0 Å². The van der Waals surface area contributed by atoms with E-state index in [1.807, 2.05) is 6.92 Å². The van der Waals surface area contributed by atoms with Crippen molar-refractivity contribution >= 4 is 11.8 Å². The molecule has 1 aliphatic rings. The third-order valence-electron chi connectivity index (χ3n) is 2.55. The summed E-state index contributed by atoms with van der Waals surface area (Å²) in [5, 5.41) is 9.52. The van der Waals surface area contributed by atoms with Crippen LogP contribution in [-0.4, -0.2) is 26.6 Å². The number of aryl methyl sites for hydroxylation is 1. The number of nitrogens with zero attached hydrogens (tertiary/aromatic N) is 3. The zero-order valence-corrected chi connectivity index (χ0v) is 9.96. The molecule has 0 saturated carbocycles. The molecule has 1 aliphatic heterocycles. The van der Waals surface area contributed by atoms with Crippen molar-refractivity contribution < 1.29 is 0 Å². The Morgan fingerprint density at radius 2 is 2.27 bits per heavy atom. The second-order valence-corrected chi connectivity index (χ2v) is 5.14. The van der Waals surface area contributed by atoms with E-state index >= 15 is 0 Å². The Labute approximate surface area is 94.6 Å². The molecule has 0 aliphatic carbocycles. The molecule has 84 valence electrons. The van der Waals surface area contributed by atoms with Crippen molar-refractivity contribution in [3.63, 3.8) is 0 Å². The Morgan fingerprint density at radius 1 is 1.40 bits per heavy atom. The van der Waals surface area contributed by atoms with E-state index in [1.165, 1.54) is 19.3 Å². The summed E-state index contributed by atoms with van der Waals surface area (Å²) in [5.74, 6) is 2.07. The fourth-order valence-corrected chi connectivity index (χ4v) is 2.63. The summed E-state index contributed by atoms with van der Waals surface area (Å²) in [7, 11) is 0. The van der Waals surface area contributed by atoms with E-state index in [-0.39, 0.29) is 6.04 Å². The van der Waals surface area contributed by atoms with Gasteiger partial charge in [0.15, 0.2) is 5.16 Å². The van der Waals surface area contributed by atoms with Gasteiger partial charge in [-0.2, -0.15) is 0 Å². The molecule has 2 rings (SSSR count). The maximum atomic E-state index is 5.74. The molecule has 2 heterocycles. The molecular formula is C10H18N4S. The van der Waals surface area contributed by atoms with Gasteiger partial charge in [0.2, 0.25) is 0 Å². The average molecular weight is 226 g/mol. The summed E-state index contributed by atoms with van der Waals surface area (Å²) in [6, 6.07) is 0.216. The molecule has 1 atom stereocenters. The molecule has 15 heavy (non-hydrogen) atoms. The highest BCUT2D eigenvalue weighted by Gasteiger charge is 2.14. The number of aromatic nitrogens is 3. The van der Waals surface area contributed by atoms with Gasteiger partial charge in [0, 0.05) is 24.8 Å². The van der Waals surface area contributed by atoms with E-state index in [1.54, 1.807) is 11.8 Å². The zero-order chi connectivity index (χ0) is 10.7. The van der Waals surface area contributed by atoms with Gasteiger partial charge in [-0.15, -0.1) is 10.2 Å². The quantitative estimate of drug-likeness (QED) is 0.792. The maximum Gasteiger partial charge on any atom is 0.191 e. The minimum Gasteiger partial charge on any atom is -0.327 e. The first-order valence-corrected chi connectivity index (χ1v) is 6.56. The van der Waals surface area contributed by atoms with Crippen molar-refractivity contribution in [1.29, 1.82) is 0 Å². The van der Waals surface area contributed by atoms with Crippen molar-refractivity contribution in [2.75, 3.05) is 5.75 Å². The van der Waals surface area contributed by atoms with Crippen LogP contribution >= 0.6 is 11.8 Å². The van der Waals surface area contributed by atoms with Gasteiger partial charge < -0.3 is 10.3 Å². The summed E-state index contributed by atoms with van der Waals surface area (Å²) in [6.07, 6.45) is 4.87. The Kier molecular flexibility index (Phi) is 3.64. The van der Waals surface area contributed by atoms with Gasteiger partial charge >= 0.3 is 0 Å². The van der Waals surface area contributed by atoms with E-state index in [0.29, 0.717) is 0 Å². The van der Waals surface area contributed by atoms with E-state index in [9.17, 15) is 0 Å². The van der Waals surface area contributed by atoms with Crippen molar-refractivity contribution in [3.05, 3.63) is 5.82 Å². The van der Waals surface area contributed by atoms with E-state index in [0.717, 1.165) is 29.7 Å². The highest BCUT2D eigenvalue weighted by molar-refractivity contribution is 7.99. The number of thioether (sulfide) groups is 1. The molecule has 1 aromatic heterocycles. The minimum atomic E-state index is 0.216. The lowest BCUT2D eigenvalue weighted by Gasteiger charge is -2.07. The van der Waals surface area contributed by atoms with Gasteiger partial charge in [-0.1, -0.05) is 18.2 Å². The first-order valence-electron chi connectivity index (χ1n) is 5.58. The van der Waals surface area contributed by atoms with Crippen LogP contribution < -0.4 is 5.73 Å². The maximum absolute atomic E-state index is 5.74. The second kappa shape index (κ2) is 4.99. The molecule has 2 N–H and O–H groups in total. The van der Waals surface area contributed by atoms with Crippen molar-refractivity contribution in [2.24, 2.45) is 5.73 Å². The van der Waals surface area contributed by atoms with E-state index in [4.69, 9.17) is 5.73 Å². The Morgan fingerprint density at radius 3 is 3.07 bits per heavy atom. The molecule has 0 amide bonds. The largest absolute Gasteiger partial charge is 0.327 e. The molecule has 0 spiro atoms. The summed E-state index contributed by atoms with van der Waals surface area (Å²) in [6.45, 7) is 3.09. The van der Waals surface area contributed by atoms with Crippen molar-refractivity contribution in [1.82, 2.24) is 14.8 Å². The van der Waals surface area contributed by atoms with Crippen LogP contribution in [0, 0.1) is 0 Å². The van der Waals surface area contributed by atoms with Gasteiger partial charge in [0.05, 0.1) is 0 Å². The van der Waals surface area contributed by atoms with Crippen LogP contribution in [-0.2, 0) is 13.0 Å². The monoisotopic (exact) mass is 226 g/mol. The molecule has 0 unspecified atom stereocenters. The standard InChI is InChI=1S/C10H18N4S/c1-8(11)7-15-10-13-12-9-5-3-2-4-6-14(9)10/h8H,2-7,11H2,1H3/t8-/m0/s1. The summed E-state index contributed by atoms with van der Waals surface area (Å²) in [4.78, 5) is 0. The van der Waals surface area contributed by atoms with Crippen LogP contribution in [0.15, 0.2) is 5.16 Å². The highest BCUT2D eigenvalue weighted by Crippen LogP contribution is 2.21. The van der Waals surface area contributed by atoms with Crippen LogP contribution in [0.4, 0.5) is 0 Å². The predicted molar refractivity (Wildman–Crippen MR) is 62.0 cm³/mol. The smallest absolute Gasteiger partial charge is 0.191 e. The Balaban J connectivity index is 2.08. The molecule has 0 aromatic carbocycles. The molecule has 1 aromatic rings. The molecule has 4 nitrogen and oxygen atoms in total. The lowest BCUT2D eigenvalue weighted by atomic mass is 10.2. The zero-order valence-electron chi connectivity index (χ0n) is 9.15. The summed E-state index contributed by atoms with van der Waals surface area (Å²) >= 11 is 1.72. The van der Waals surface area contributed by atoms with Gasteiger partial charge in [-0.25, -0.2) is 0 Å². The molecule has 0 fully saturated rings. The topological polar surface area (TPSA) is 56.7 Å². The molecule has 5 heteroatoms. The van der Waals surface area contributed by atoms with E-state index < -0.39 is 0 Å². The highest BCUT2D eigenvalue weighted by atomic mass is 32.2. The SMILES string of the molecule is C[C@H](N)CSc1nnc2n1CCCCC2. The first-order chi connectivity index (χ1) is 7.27. The van der Waals surface area contributed by atoms with Crippen LogP contribution in [0.2, 0.25) is 0 Å². The van der Waals surface area contributed by atoms with Gasteiger partial charge in [-0.05, 0) is 19.8 Å². The van der Waals surface area contributed by atoms with Crippen LogP contribution in [0.1, 0.15) is 32.0 Å². The number of fused-ring (bicyclic) bond motifs is 1. The third-order valence-corrected chi connectivity index (χ3v) is 3.80. The van der Waals surface area contributed by atoms with Gasteiger partial charge in [-0.3, -0.25) is 0 Å². The average Bonchev–Trinajstić information content (AvgIpc) is 2.44. The fraction of sp³-hybridized carbons (Fsp3) is 0.800. The predicted octanol–water partition coefficient (Wildman–Crippen LogP) is 1.44. The normalized spacial score (nSPS) is 18.3. The van der Waals surface area contributed by atoms with E-state index in [2.05, 4.69) is 14.8 Å². The third kappa shape index (κ3) is 2.72. The lowest BCUT2D eigenvalue weighted by Crippen LogP contribution is -2.18. The van der Waals surface area contributed by atoms with Crippen LogP contribution in [0.5, 0.6) is 0 Å². The second-order valence-electron chi connectivity index (χ2n) is 4.15. The number of hydrogen-bond acceptors (Lipinski definition) is 4. The summed E-state index contributed by atoms with van der Waals surface area (Å²) < 4.78 is 2.26. The fourth-order valence-electron chi connectivity index (χ4n) is 1.77. The lowest BCUT2D eigenvalue weighted by molar-refractivity contribution is 0.590. The molecule has 0 radical (unpaired) electrons. The summed E-state index contributed by atoms with van der Waals surface area (Å²) in [5.41, 5.74) is 5.74. The Bertz CT molecular complexity index is 321. The molecule has 0 saturated heterocycles.